The zero-order chi connectivity index (χ0) is 20.3. The van der Waals surface area contributed by atoms with E-state index < -0.39 is 35.4 Å². The summed E-state index contributed by atoms with van der Waals surface area (Å²) in [6, 6.07) is 6.05. The first kappa shape index (κ1) is 21.5. The molecule has 1 aromatic carbocycles. The zero-order valence-corrected chi connectivity index (χ0v) is 13.3. The molecule has 0 aromatic heterocycles. The quantitative estimate of drug-likeness (QED) is 0.447. The van der Waals surface area contributed by atoms with Crippen molar-refractivity contribution in [3.63, 3.8) is 0 Å². The maximum atomic E-state index is 13.2. The number of halogens is 7. The monoisotopic (exact) mass is 386 g/mol. The van der Waals surface area contributed by atoms with Gasteiger partial charge in [0, 0.05) is 17.3 Å². The highest BCUT2D eigenvalue weighted by Crippen LogP contribution is 2.47. The Hall–Kier alpha value is -2.59. The molecule has 0 saturated carbocycles. The second kappa shape index (κ2) is 7.34. The van der Waals surface area contributed by atoms with Crippen LogP contribution in [-0.4, -0.2) is 29.7 Å². The Balaban J connectivity index is 2.81. The smallest absolute Gasteiger partial charge is 0.303 e. The topological polar surface area (TPSA) is 58.2 Å². The van der Waals surface area contributed by atoms with Crippen molar-refractivity contribution in [2.45, 2.75) is 31.9 Å². The van der Waals surface area contributed by atoms with Gasteiger partial charge in [0.25, 0.3) is 5.91 Å². The Morgan fingerprint density at radius 1 is 0.923 bits per heavy atom. The van der Waals surface area contributed by atoms with Gasteiger partial charge in [0.15, 0.2) is 0 Å². The van der Waals surface area contributed by atoms with Gasteiger partial charge in [-0.25, -0.2) is 0 Å². The summed E-state index contributed by atoms with van der Waals surface area (Å²) in [6.07, 6.45) is -6.77. The Labute approximate surface area is 143 Å². The van der Waals surface area contributed by atoms with Crippen molar-refractivity contribution < 1.29 is 40.3 Å². The van der Waals surface area contributed by atoms with Gasteiger partial charge in [0.1, 0.15) is 0 Å². The van der Waals surface area contributed by atoms with Crippen LogP contribution >= 0.6 is 0 Å². The van der Waals surface area contributed by atoms with Crippen LogP contribution in [0.1, 0.15) is 22.8 Å². The van der Waals surface area contributed by atoms with E-state index in [-0.39, 0.29) is 11.6 Å². The number of carbonyl (C=O) groups is 2. The molecule has 0 saturated heterocycles. The minimum atomic E-state index is -6.61. The molecule has 1 rings (SSSR count). The molecule has 0 aliphatic carbocycles. The second-order valence-electron chi connectivity index (χ2n) is 5.28. The van der Waals surface area contributed by atoms with E-state index in [4.69, 9.17) is 0 Å². The lowest BCUT2D eigenvalue weighted by atomic mass is 10.1. The number of carbonyl (C=O) groups excluding carboxylic acids is 2. The molecule has 1 amide bonds. The molecule has 0 bridgehead atoms. The van der Waals surface area contributed by atoms with Gasteiger partial charge in [0.2, 0.25) is 5.78 Å². The number of ketones is 1. The summed E-state index contributed by atoms with van der Waals surface area (Å²) in [5, 5.41) is 0. The lowest BCUT2D eigenvalue weighted by molar-refractivity contribution is -0.342. The molecular weight excluding hydrogens is 373 g/mol. The highest BCUT2D eigenvalue weighted by molar-refractivity contribution is 5.97. The summed E-state index contributed by atoms with van der Waals surface area (Å²) in [5.74, 6) is -16.1. The molecular formula is C15H13F7N2O2. The summed E-state index contributed by atoms with van der Waals surface area (Å²) in [4.78, 5) is 22.9. The fourth-order valence-corrected chi connectivity index (χ4v) is 1.59. The summed E-state index contributed by atoms with van der Waals surface area (Å²) in [5.41, 5.74) is 4.37. The summed E-state index contributed by atoms with van der Waals surface area (Å²) in [7, 11) is 0. The average Bonchev–Trinajstić information content (AvgIpc) is 2.51. The number of hydrogen-bond donors (Lipinski definition) is 2. The highest BCUT2D eigenvalue weighted by Gasteiger charge is 2.75. The molecule has 0 spiro atoms. The van der Waals surface area contributed by atoms with E-state index in [0.717, 1.165) is 12.5 Å². The maximum absolute atomic E-state index is 13.2. The summed E-state index contributed by atoms with van der Waals surface area (Å²) in [6.45, 7) is 2.67. The van der Waals surface area contributed by atoms with Gasteiger partial charge in [0.05, 0.1) is 0 Å². The molecule has 0 aliphatic heterocycles. The fourth-order valence-electron chi connectivity index (χ4n) is 1.59. The molecule has 0 fully saturated rings. The Morgan fingerprint density at radius 2 is 1.42 bits per heavy atom. The summed E-state index contributed by atoms with van der Waals surface area (Å²) >= 11 is 0. The van der Waals surface area contributed by atoms with Crippen LogP contribution in [0, 0.1) is 6.92 Å². The zero-order valence-electron chi connectivity index (χ0n) is 13.3. The van der Waals surface area contributed by atoms with E-state index in [1.54, 1.807) is 19.1 Å². The number of rotatable bonds is 6. The van der Waals surface area contributed by atoms with Crippen LogP contribution in [0.4, 0.5) is 30.7 Å². The van der Waals surface area contributed by atoms with Crippen LogP contribution in [0.3, 0.4) is 0 Å². The van der Waals surface area contributed by atoms with E-state index in [1.165, 1.54) is 12.1 Å². The van der Waals surface area contributed by atoms with E-state index >= 15 is 0 Å². The van der Waals surface area contributed by atoms with Crippen molar-refractivity contribution in [1.29, 1.82) is 0 Å². The van der Waals surface area contributed by atoms with Crippen molar-refractivity contribution in [1.82, 2.24) is 10.9 Å². The number of hydrazine groups is 1. The third-order valence-corrected chi connectivity index (χ3v) is 3.09. The molecule has 26 heavy (non-hydrogen) atoms. The Bertz CT molecular complexity index is 710. The molecule has 0 heterocycles. The van der Waals surface area contributed by atoms with Gasteiger partial charge in [-0.15, -0.1) is 0 Å². The predicted octanol–water partition coefficient (Wildman–Crippen LogP) is 3.54. The van der Waals surface area contributed by atoms with Crippen LogP contribution in [0.15, 0.2) is 36.0 Å². The van der Waals surface area contributed by atoms with Gasteiger partial charge in [-0.2, -0.15) is 30.7 Å². The number of amides is 1. The lowest BCUT2D eigenvalue weighted by Gasteiger charge is -2.26. The van der Waals surface area contributed by atoms with Gasteiger partial charge >= 0.3 is 18.0 Å². The fraction of sp³-hybridized carbons (Fsp3) is 0.333. The molecule has 0 atom stereocenters. The number of alkyl halides is 7. The lowest BCUT2D eigenvalue weighted by Crippen LogP contribution is -2.55. The Kier molecular flexibility index (Phi) is 6.06. The van der Waals surface area contributed by atoms with Crippen LogP contribution in [-0.2, 0) is 4.79 Å². The largest absolute Gasteiger partial charge is 0.460 e. The molecule has 0 radical (unpaired) electrons. The van der Waals surface area contributed by atoms with Gasteiger partial charge < -0.3 is 5.43 Å². The minimum Gasteiger partial charge on any atom is -0.303 e. The van der Waals surface area contributed by atoms with Crippen molar-refractivity contribution in [2.75, 3.05) is 0 Å². The van der Waals surface area contributed by atoms with E-state index in [0.29, 0.717) is 0 Å². The third kappa shape index (κ3) is 4.52. The molecule has 2 N–H and O–H groups in total. The van der Waals surface area contributed by atoms with Crippen LogP contribution in [0.2, 0.25) is 0 Å². The summed E-state index contributed by atoms with van der Waals surface area (Å²) < 4.78 is 87.9. The van der Waals surface area contributed by atoms with E-state index in [9.17, 15) is 40.3 Å². The standard InChI is InChI=1S/C15H13F7N2O2/c1-8-3-5-10(6-4-8)12(26)24-23-9(2)7-11(25)13(16,17)14(18,19)15(20,21)22/h3-7,23H,1-2H3,(H,24,26). The van der Waals surface area contributed by atoms with Crippen LogP contribution in [0.5, 0.6) is 0 Å². The minimum absolute atomic E-state index is 0.149. The third-order valence-electron chi connectivity index (χ3n) is 3.09. The molecule has 11 heteroatoms. The van der Waals surface area contributed by atoms with Crippen molar-refractivity contribution in [3.05, 3.63) is 47.2 Å². The number of allylic oxidation sites excluding steroid dienone is 2. The van der Waals surface area contributed by atoms with Crippen LogP contribution < -0.4 is 10.9 Å². The highest BCUT2D eigenvalue weighted by atomic mass is 19.4. The number of benzene rings is 1. The number of nitrogens with one attached hydrogen (secondary N) is 2. The normalized spacial score (nSPS) is 13.3. The number of aryl methyl sites for hydroxylation is 1. The van der Waals surface area contributed by atoms with Crippen molar-refractivity contribution in [3.8, 4) is 0 Å². The SMILES string of the molecule is CC(=CC(=O)C(F)(F)C(F)(F)C(F)(F)F)NNC(=O)c1ccc(C)cc1. The van der Waals surface area contributed by atoms with Crippen LogP contribution in [0.25, 0.3) is 0 Å². The Morgan fingerprint density at radius 3 is 1.88 bits per heavy atom. The first-order valence-electron chi connectivity index (χ1n) is 6.88. The molecule has 144 valence electrons. The van der Waals surface area contributed by atoms with Gasteiger partial charge in [-0.3, -0.25) is 15.0 Å². The van der Waals surface area contributed by atoms with E-state index in [2.05, 4.69) is 0 Å². The molecule has 1 aromatic rings. The van der Waals surface area contributed by atoms with Crippen molar-refractivity contribution >= 4 is 11.7 Å². The van der Waals surface area contributed by atoms with Gasteiger partial charge in [-0.1, -0.05) is 17.7 Å². The first-order chi connectivity index (χ1) is 11.7. The molecule has 0 unspecified atom stereocenters. The second-order valence-corrected chi connectivity index (χ2v) is 5.28. The first-order valence-corrected chi connectivity index (χ1v) is 6.88. The van der Waals surface area contributed by atoms with Gasteiger partial charge in [-0.05, 0) is 26.0 Å². The van der Waals surface area contributed by atoms with Crippen molar-refractivity contribution in [2.24, 2.45) is 0 Å². The molecule has 0 aliphatic rings. The van der Waals surface area contributed by atoms with E-state index in [1.807, 2.05) is 10.9 Å². The average molecular weight is 386 g/mol. The maximum Gasteiger partial charge on any atom is 0.460 e. The predicted molar refractivity (Wildman–Crippen MR) is 76.5 cm³/mol. The number of hydrogen-bond acceptors (Lipinski definition) is 3. The molecule has 4 nitrogen and oxygen atoms in total.